The van der Waals surface area contributed by atoms with Gasteiger partial charge < -0.3 is 20.7 Å². The molecule has 2 rings (SSSR count). The summed E-state index contributed by atoms with van der Waals surface area (Å²) in [6.07, 6.45) is 0.436. The third-order valence-corrected chi connectivity index (χ3v) is 3.12. The largest absolute Gasteiger partial charge is 0.482 e. The van der Waals surface area contributed by atoms with Crippen molar-refractivity contribution in [1.82, 2.24) is 10.6 Å². The molecular weight excluding hydrogens is 294 g/mol. The summed E-state index contributed by atoms with van der Waals surface area (Å²) in [7, 11) is 1.81. The number of carbonyl (C=O) groups excluding carboxylic acids is 2. The minimum absolute atomic E-state index is 0. The molecule has 0 saturated heterocycles. The van der Waals surface area contributed by atoms with Crippen molar-refractivity contribution < 1.29 is 14.3 Å². The number of ether oxygens (including phenoxy) is 1. The molecule has 1 aliphatic heterocycles. The monoisotopic (exact) mass is 313 g/mol. The first-order chi connectivity index (χ1) is 9.60. The van der Waals surface area contributed by atoms with Gasteiger partial charge in [0, 0.05) is 13.0 Å². The number of nitrogens with one attached hydrogen (secondary N) is 3. The zero-order valence-electron chi connectivity index (χ0n) is 12.1. The first-order valence-corrected chi connectivity index (χ1v) is 6.60. The fourth-order valence-corrected chi connectivity index (χ4v) is 2.01. The molecule has 0 aliphatic carbocycles. The molecule has 0 saturated carbocycles. The van der Waals surface area contributed by atoms with Crippen molar-refractivity contribution in [2.24, 2.45) is 0 Å². The van der Waals surface area contributed by atoms with Crippen LogP contribution in [-0.2, 0) is 9.59 Å². The second-order valence-corrected chi connectivity index (χ2v) is 4.74. The Hall–Kier alpha value is -1.79. The van der Waals surface area contributed by atoms with Crippen LogP contribution in [0.1, 0.15) is 24.9 Å². The Balaban J connectivity index is 0.00000220. The van der Waals surface area contributed by atoms with E-state index in [0.29, 0.717) is 24.4 Å². The number of benzene rings is 1. The maximum Gasteiger partial charge on any atom is 0.262 e. The van der Waals surface area contributed by atoms with E-state index in [0.717, 1.165) is 5.56 Å². The second-order valence-electron chi connectivity index (χ2n) is 4.74. The van der Waals surface area contributed by atoms with Gasteiger partial charge in [0.1, 0.15) is 5.75 Å². The van der Waals surface area contributed by atoms with Gasteiger partial charge in [0.25, 0.3) is 5.91 Å². The zero-order valence-corrected chi connectivity index (χ0v) is 12.9. The summed E-state index contributed by atoms with van der Waals surface area (Å²) in [5.74, 6) is 0.479. The molecule has 0 spiro atoms. The molecule has 0 fully saturated rings. The first-order valence-electron chi connectivity index (χ1n) is 6.60. The van der Waals surface area contributed by atoms with Crippen molar-refractivity contribution in [2.75, 3.05) is 25.5 Å². The van der Waals surface area contributed by atoms with Crippen LogP contribution in [0.15, 0.2) is 18.2 Å². The van der Waals surface area contributed by atoms with E-state index in [4.69, 9.17) is 4.74 Å². The third kappa shape index (κ3) is 4.61. The van der Waals surface area contributed by atoms with Gasteiger partial charge in [0.15, 0.2) is 6.61 Å². The van der Waals surface area contributed by atoms with Gasteiger partial charge in [-0.1, -0.05) is 6.07 Å². The maximum absolute atomic E-state index is 11.7. The van der Waals surface area contributed by atoms with Gasteiger partial charge in [-0.25, -0.2) is 0 Å². The summed E-state index contributed by atoms with van der Waals surface area (Å²) < 4.78 is 5.30. The summed E-state index contributed by atoms with van der Waals surface area (Å²) in [6.45, 7) is 2.60. The Labute approximate surface area is 130 Å². The van der Waals surface area contributed by atoms with Crippen molar-refractivity contribution in [2.45, 2.75) is 19.4 Å². The second kappa shape index (κ2) is 7.85. The minimum atomic E-state index is -0.166. The molecule has 0 aromatic heterocycles. The molecule has 0 radical (unpaired) electrons. The lowest BCUT2D eigenvalue weighted by Gasteiger charge is -2.21. The highest BCUT2D eigenvalue weighted by Gasteiger charge is 2.18. The highest BCUT2D eigenvalue weighted by atomic mass is 35.5. The van der Waals surface area contributed by atoms with Gasteiger partial charge >= 0.3 is 0 Å². The van der Waals surface area contributed by atoms with Crippen molar-refractivity contribution >= 4 is 29.9 Å². The van der Waals surface area contributed by atoms with E-state index in [1.165, 1.54) is 0 Å². The van der Waals surface area contributed by atoms with Crippen LogP contribution in [0, 0.1) is 0 Å². The van der Waals surface area contributed by atoms with Crippen LogP contribution in [0.25, 0.3) is 0 Å². The van der Waals surface area contributed by atoms with Crippen LogP contribution in [0.4, 0.5) is 5.69 Å². The lowest BCUT2D eigenvalue weighted by Crippen LogP contribution is -2.29. The number of fused-ring (bicyclic) bond motifs is 1. The van der Waals surface area contributed by atoms with Crippen LogP contribution in [0.2, 0.25) is 0 Å². The van der Waals surface area contributed by atoms with Gasteiger partial charge in [-0.05, 0) is 31.7 Å². The van der Waals surface area contributed by atoms with E-state index in [1.54, 1.807) is 6.07 Å². The molecular formula is C14H20ClN3O3. The normalized spacial score (nSPS) is 14.1. The summed E-state index contributed by atoms with van der Waals surface area (Å²) >= 11 is 0. The van der Waals surface area contributed by atoms with Crippen molar-refractivity contribution in [1.29, 1.82) is 0 Å². The van der Waals surface area contributed by atoms with Crippen LogP contribution >= 0.6 is 12.4 Å². The molecule has 1 unspecified atom stereocenters. The van der Waals surface area contributed by atoms with Gasteiger partial charge in [-0.15, -0.1) is 12.4 Å². The standard InChI is InChI=1S/C14H19N3O3.ClH/c1-9(16-13(18)5-6-15-2)10-3-4-12-11(7-10)17-14(19)8-20-12;/h3-4,7,9,15H,5-6,8H2,1-2H3,(H,16,18)(H,17,19);1H. The Morgan fingerprint density at radius 1 is 1.48 bits per heavy atom. The lowest BCUT2D eigenvalue weighted by atomic mass is 10.1. The molecule has 3 N–H and O–H groups in total. The van der Waals surface area contributed by atoms with Crippen LogP contribution in [0.3, 0.4) is 0 Å². The van der Waals surface area contributed by atoms with Gasteiger partial charge in [0.05, 0.1) is 11.7 Å². The Kier molecular flexibility index (Phi) is 6.45. The topological polar surface area (TPSA) is 79.5 Å². The molecule has 1 atom stereocenters. The summed E-state index contributed by atoms with van der Waals surface area (Å²) in [5.41, 5.74) is 1.57. The van der Waals surface area contributed by atoms with Gasteiger partial charge in [-0.2, -0.15) is 0 Å². The molecule has 0 bridgehead atoms. The van der Waals surface area contributed by atoms with Gasteiger partial charge in [-0.3, -0.25) is 9.59 Å². The Morgan fingerprint density at radius 3 is 2.95 bits per heavy atom. The molecule has 6 nitrogen and oxygen atoms in total. The number of halogens is 1. The number of carbonyl (C=O) groups is 2. The highest BCUT2D eigenvalue weighted by molar-refractivity contribution is 5.95. The molecule has 1 aliphatic rings. The van der Waals surface area contributed by atoms with E-state index in [2.05, 4.69) is 16.0 Å². The third-order valence-electron chi connectivity index (χ3n) is 3.12. The molecule has 116 valence electrons. The summed E-state index contributed by atoms with van der Waals surface area (Å²) in [5, 5.41) is 8.61. The lowest BCUT2D eigenvalue weighted by molar-refractivity contribution is -0.121. The van der Waals surface area contributed by atoms with Crippen LogP contribution in [0.5, 0.6) is 5.75 Å². The molecule has 1 aromatic rings. The van der Waals surface area contributed by atoms with E-state index in [1.807, 2.05) is 26.1 Å². The van der Waals surface area contributed by atoms with Crippen LogP contribution < -0.4 is 20.7 Å². The number of hydrogen-bond acceptors (Lipinski definition) is 4. The van der Waals surface area contributed by atoms with E-state index in [-0.39, 0.29) is 36.9 Å². The number of amides is 2. The van der Waals surface area contributed by atoms with E-state index >= 15 is 0 Å². The van der Waals surface area contributed by atoms with Crippen molar-refractivity contribution in [3.8, 4) is 5.75 Å². The average molecular weight is 314 g/mol. The predicted molar refractivity (Wildman–Crippen MR) is 82.9 cm³/mol. The quantitative estimate of drug-likeness (QED) is 0.764. The molecule has 21 heavy (non-hydrogen) atoms. The Bertz CT molecular complexity index is 522. The molecule has 1 heterocycles. The summed E-state index contributed by atoms with van der Waals surface area (Å²) in [4.78, 5) is 23.0. The number of hydrogen-bond donors (Lipinski definition) is 3. The fourth-order valence-electron chi connectivity index (χ4n) is 2.01. The van der Waals surface area contributed by atoms with Crippen molar-refractivity contribution in [3.63, 3.8) is 0 Å². The molecule has 7 heteroatoms. The van der Waals surface area contributed by atoms with E-state index in [9.17, 15) is 9.59 Å². The number of rotatable bonds is 5. The zero-order chi connectivity index (χ0) is 14.5. The summed E-state index contributed by atoms with van der Waals surface area (Å²) in [6, 6.07) is 5.40. The average Bonchev–Trinajstić information content (AvgIpc) is 2.44. The smallest absolute Gasteiger partial charge is 0.262 e. The van der Waals surface area contributed by atoms with Crippen molar-refractivity contribution in [3.05, 3.63) is 23.8 Å². The highest BCUT2D eigenvalue weighted by Crippen LogP contribution is 2.30. The van der Waals surface area contributed by atoms with Crippen LogP contribution in [-0.4, -0.2) is 32.0 Å². The Morgan fingerprint density at radius 2 is 2.24 bits per heavy atom. The predicted octanol–water partition coefficient (Wildman–Crippen LogP) is 1.23. The first kappa shape index (κ1) is 17.3. The molecule has 2 amide bonds. The SMILES string of the molecule is CNCCC(=O)NC(C)c1ccc2c(c1)NC(=O)CO2.Cl. The van der Waals surface area contributed by atoms with Gasteiger partial charge in [0.2, 0.25) is 5.91 Å². The number of anilines is 1. The fraction of sp³-hybridized carbons (Fsp3) is 0.429. The van der Waals surface area contributed by atoms with E-state index < -0.39 is 0 Å². The molecule has 1 aromatic carbocycles. The minimum Gasteiger partial charge on any atom is -0.482 e. The maximum atomic E-state index is 11.7.